The Bertz CT molecular complexity index is 942. The molecule has 1 fully saturated rings. The lowest BCUT2D eigenvalue weighted by molar-refractivity contribution is -0.120. The molecular weight excluding hydrogens is 356 g/mol. The SMILES string of the molecule is CS(=O)(=O)N1CCC(C(=O)Nc2ccccc2-c2ccc(=O)[nH]n2)CC1. The van der Waals surface area contributed by atoms with E-state index in [9.17, 15) is 18.0 Å². The first-order valence-electron chi connectivity index (χ1n) is 8.26. The van der Waals surface area contributed by atoms with E-state index >= 15 is 0 Å². The highest BCUT2D eigenvalue weighted by Gasteiger charge is 2.29. The summed E-state index contributed by atoms with van der Waals surface area (Å²) in [6, 6.07) is 10.2. The summed E-state index contributed by atoms with van der Waals surface area (Å²) in [5, 5.41) is 9.29. The van der Waals surface area contributed by atoms with Crippen molar-refractivity contribution in [3.05, 3.63) is 46.8 Å². The molecule has 2 aromatic rings. The van der Waals surface area contributed by atoms with Crippen LogP contribution in [0.1, 0.15) is 12.8 Å². The zero-order valence-corrected chi connectivity index (χ0v) is 15.1. The minimum atomic E-state index is -3.22. The second kappa shape index (κ2) is 7.38. The van der Waals surface area contributed by atoms with Crippen LogP contribution in [-0.4, -0.2) is 48.2 Å². The number of hydrogen-bond acceptors (Lipinski definition) is 5. The Morgan fingerprint density at radius 1 is 1.19 bits per heavy atom. The minimum Gasteiger partial charge on any atom is -0.325 e. The Hall–Kier alpha value is -2.52. The van der Waals surface area contributed by atoms with Gasteiger partial charge in [-0.15, -0.1) is 0 Å². The van der Waals surface area contributed by atoms with E-state index in [1.54, 1.807) is 18.2 Å². The van der Waals surface area contributed by atoms with Crippen molar-refractivity contribution in [2.24, 2.45) is 5.92 Å². The lowest BCUT2D eigenvalue weighted by atomic mass is 9.97. The normalized spacial score (nSPS) is 16.3. The van der Waals surface area contributed by atoms with Gasteiger partial charge in [0.1, 0.15) is 0 Å². The molecule has 1 aromatic carbocycles. The molecule has 1 saturated heterocycles. The van der Waals surface area contributed by atoms with Crippen molar-refractivity contribution in [1.29, 1.82) is 0 Å². The number of H-pyrrole nitrogens is 1. The summed E-state index contributed by atoms with van der Waals surface area (Å²) in [5.74, 6) is -0.389. The Morgan fingerprint density at radius 2 is 1.88 bits per heavy atom. The number of sulfonamides is 1. The minimum absolute atomic E-state index is 0.143. The second-order valence-corrected chi connectivity index (χ2v) is 8.26. The van der Waals surface area contributed by atoms with Gasteiger partial charge in [0.15, 0.2) is 0 Å². The van der Waals surface area contributed by atoms with E-state index in [2.05, 4.69) is 15.5 Å². The predicted molar refractivity (Wildman–Crippen MR) is 98.1 cm³/mol. The van der Waals surface area contributed by atoms with Gasteiger partial charge in [-0.1, -0.05) is 18.2 Å². The molecule has 0 spiro atoms. The molecule has 3 rings (SSSR count). The van der Waals surface area contributed by atoms with E-state index in [1.165, 1.54) is 16.6 Å². The van der Waals surface area contributed by atoms with Gasteiger partial charge < -0.3 is 5.32 Å². The fourth-order valence-corrected chi connectivity index (χ4v) is 3.87. The number of piperidine rings is 1. The molecule has 2 heterocycles. The standard InChI is InChI=1S/C17H20N4O4S/c1-26(24,25)21-10-8-12(9-11-21)17(23)18-14-5-3-2-4-13(14)15-6-7-16(22)20-19-15/h2-7,12H,8-11H2,1H3,(H,18,23)(H,20,22). The molecule has 0 atom stereocenters. The number of hydrogen-bond donors (Lipinski definition) is 2. The van der Waals surface area contributed by atoms with E-state index in [-0.39, 0.29) is 17.4 Å². The average molecular weight is 376 g/mol. The molecule has 138 valence electrons. The summed E-state index contributed by atoms with van der Waals surface area (Å²) in [6.07, 6.45) is 2.15. The van der Waals surface area contributed by atoms with Crippen molar-refractivity contribution in [3.63, 3.8) is 0 Å². The number of aromatic nitrogens is 2. The van der Waals surface area contributed by atoms with Gasteiger partial charge in [-0.05, 0) is 25.0 Å². The lowest BCUT2D eigenvalue weighted by Gasteiger charge is -2.29. The number of nitrogens with one attached hydrogen (secondary N) is 2. The molecule has 0 saturated carbocycles. The fourth-order valence-electron chi connectivity index (χ4n) is 2.99. The first-order valence-corrected chi connectivity index (χ1v) is 10.1. The maximum atomic E-state index is 12.6. The predicted octanol–water partition coefficient (Wildman–Crippen LogP) is 1.05. The van der Waals surface area contributed by atoms with Gasteiger partial charge in [-0.3, -0.25) is 9.59 Å². The van der Waals surface area contributed by atoms with Crippen LogP contribution in [0.4, 0.5) is 5.69 Å². The van der Waals surface area contributed by atoms with Crippen LogP contribution in [0.3, 0.4) is 0 Å². The average Bonchev–Trinajstić information content (AvgIpc) is 2.62. The van der Waals surface area contributed by atoms with E-state index in [0.29, 0.717) is 42.9 Å². The van der Waals surface area contributed by atoms with Crippen molar-refractivity contribution in [3.8, 4) is 11.3 Å². The zero-order valence-electron chi connectivity index (χ0n) is 14.3. The first-order chi connectivity index (χ1) is 12.3. The van der Waals surface area contributed by atoms with Crippen LogP contribution in [-0.2, 0) is 14.8 Å². The molecule has 1 aliphatic heterocycles. The number of nitrogens with zero attached hydrogens (tertiary/aromatic N) is 2. The smallest absolute Gasteiger partial charge is 0.264 e. The van der Waals surface area contributed by atoms with Gasteiger partial charge in [0.05, 0.1) is 17.6 Å². The van der Waals surface area contributed by atoms with Crippen molar-refractivity contribution < 1.29 is 13.2 Å². The summed E-state index contributed by atoms with van der Waals surface area (Å²) >= 11 is 0. The molecule has 0 aliphatic carbocycles. The first kappa shape index (κ1) is 18.3. The molecule has 0 unspecified atom stereocenters. The fraction of sp³-hybridized carbons (Fsp3) is 0.353. The van der Waals surface area contributed by atoms with Crippen molar-refractivity contribution in [2.45, 2.75) is 12.8 Å². The molecule has 0 bridgehead atoms. The molecule has 2 N–H and O–H groups in total. The van der Waals surface area contributed by atoms with Gasteiger partial charge >= 0.3 is 0 Å². The molecule has 9 heteroatoms. The van der Waals surface area contributed by atoms with E-state index in [4.69, 9.17) is 0 Å². The lowest BCUT2D eigenvalue weighted by Crippen LogP contribution is -2.40. The van der Waals surface area contributed by atoms with E-state index < -0.39 is 10.0 Å². The third kappa shape index (κ3) is 4.17. The number of benzene rings is 1. The largest absolute Gasteiger partial charge is 0.325 e. The van der Waals surface area contributed by atoms with Gasteiger partial charge in [0, 0.05) is 30.6 Å². The highest BCUT2D eigenvalue weighted by Crippen LogP contribution is 2.27. The van der Waals surface area contributed by atoms with Crippen molar-refractivity contribution in [1.82, 2.24) is 14.5 Å². The zero-order chi connectivity index (χ0) is 18.7. The number of anilines is 1. The summed E-state index contributed by atoms with van der Waals surface area (Å²) in [5.41, 5.74) is 1.55. The summed E-state index contributed by atoms with van der Waals surface area (Å²) in [7, 11) is -3.22. The molecule has 26 heavy (non-hydrogen) atoms. The Balaban J connectivity index is 1.73. The Morgan fingerprint density at radius 3 is 2.50 bits per heavy atom. The van der Waals surface area contributed by atoms with E-state index in [1.807, 2.05) is 12.1 Å². The van der Waals surface area contributed by atoms with Crippen LogP contribution in [0.2, 0.25) is 0 Å². The monoisotopic (exact) mass is 376 g/mol. The quantitative estimate of drug-likeness (QED) is 0.828. The highest BCUT2D eigenvalue weighted by molar-refractivity contribution is 7.88. The van der Waals surface area contributed by atoms with Crippen LogP contribution >= 0.6 is 0 Å². The molecule has 1 amide bonds. The van der Waals surface area contributed by atoms with Gasteiger partial charge in [-0.2, -0.15) is 5.10 Å². The Labute approximate surface area is 151 Å². The summed E-state index contributed by atoms with van der Waals surface area (Å²) < 4.78 is 24.5. The van der Waals surface area contributed by atoms with Crippen LogP contribution in [0.25, 0.3) is 11.3 Å². The van der Waals surface area contributed by atoms with Crippen molar-refractivity contribution >= 4 is 21.6 Å². The summed E-state index contributed by atoms with van der Waals surface area (Å²) in [6.45, 7) is 0.695. The van der Waals surface area contributed by atoms with Crippen molar-refractivity contribution in [2.75, 3.05) is 24.7 Å². The molecule has 0 radical (unpaired) electrons. The number of carbonyl (C=O) groups excluding carboxylic acids is 1. The number of amides is 1. The molecule has 1 aliphatic rings. The van der Waals surface area contributed by atoms with Gasteiger partial charge in [0.2, 0.25) is 15.9 Å². The number of para-hydroxylation sites is 1. The third-order valence-electron chi connectivity index (χ3n) is 4.43. The van der Waals surface area contributed by atoms with Crippen LogP contribution < -0.4 is 10.9 Å². The second-order valence-electron chi connectivity index (χ2n) is 6.28. The molecule has 8 nitrogen and oxygen atoms in total. The Kier molecular flexibility index (Phi) is 5.19. The van der Waals surface area contributed by atoms with Gasteiger partial charge in [0.25, 0.3) is 5.56 Å². The van der Waals surface area contributed by atoms with Crippen LogP contribution in [0.15, 0.2) is 41.2 Å². The maximum absolute atomic E-state index is 12.6. The topological polar surface area (TPSA) is 112 Å². The van der Waals surface area contributed by atoms with Gasteiger partial charge in [-0.25, -0.2) is 17.8 Å². The van der Waals surface area contributed by atoms with Crippen LogP contribution in [0, 0.1) is 5.92 Å². The molecule has 1 aromatic heterocycles. The number of aromatic amines is 1. The summed E-state index contributed by atoms with van der Waals surface area (Å²) in [4.78, 5) is 23.8. The maximum Gasteiger partial charge on any atom is 0.264 e. The third-order valence-corrected chi connectivity index (χ3v) is 5.74. The molecular formula is C17H20N4O4S. The highest BCUT2D eigenvalue weighted by atomic mass is 32.2. The van der Waals surface area contributed by atoms with Crippen LogP contribution in [0.5, 0.6) is 0 Å². The number of carbonyl (C=O) groups is 1. The number of rotatable bonds is 4. The van der Waals surface area contributed by atoms with E-state index in [0.717, 1.165) is 0 Å².